The molecule has 0 aromatic rings. The first-order valence-electron chi connectivity index (χ1n) is 10.8. The Balaban J connectivity index is 6.67. The lowest BCUT2D eigenvalue weighted by Crippen LogP contribution is -2.63. The van der Waals surface area contributed by atoms with Crippen LogP contribution in [0, 0.1) is 0 Å². The van der Waals surface area contributed by atoms with Gasteiger partial charge in [0.1, 0.15) is 0 Å². The van der Waals surface area contributed by atoms with Crippen LogP contribution in [0.1, 0.15) is 19.3 Å². The first kappa shape index (κ1) is 40.0. The van der Waals surface area contributed by atoms with Crippen LogP contribution in [0.3, 0.4) is 0 Å². The molecule has 0 saturated heterocycles. The summed E-state index contributed by atoms with van der Waals surface area (Å²) < 4.78 is 180. The quantitative estimate of drug-likeness (QED) is 0.101. The lowest BCUT2D eigenvalue weighted by atomic mass is 10.5. The number of halogens is 15. The molecule has 4 nitrogen and oxygen atoms in total. The van der Waals surface area contributed by atoms with Crippen LogP contribution >= 0.6 is 33.2 Å². The molecule has 3 atom stereocenters. The van der Waals surface area contributed by atoms with E-state index in [1.165, 1.54) is 0 Å². The second-order valence-electron chi connectivity index (χ2n) is 9.61. The van der Waals surface area contributed by atoms with Crippen molar-refractivity contribution in [3.05, 3.63) is 0 Å². The summed E-state index contributed by atoms with van der Waals surface area (Å²) >= 11 is 17.0. The zero-order chi connectivity index (χ0) is 31.6. The minimum Gasteiger partial charge on any atom is -0.429 e. The fourth-order valence-corrected chi connectivity index (χ4v) is 28.0. The summed E-state index contributed by atoms with van der Waals surface area (Å²) in [5, 5.41) is 0. The molecule has 0 aliphatic rings. The molecule has 0 saturated carbocycles. The van der Waals surface area contributed by atoms with Gasteiger partial charge in [0.2, 0.25) is 0 Å². The predicted molar refractivity (Wildman–Crippen MR) is 132 cm³/mol. The number of alkyl halides is 12. The maximum absolute atomic E-state index is 13.6. The summed E-state index contributed by atoms with van der Waals surface area (Å²) in [6, 6.07) is -3.30. The van der Waals surface area contributed by atoms with Gasteiger partial charge in [0, 0.05) is 19.3 Å². The van der Waals surface area contributed by atoms with Crippen molar-refractivity contribution in [2.24, 2.45) is 0 Å². The van der Waals surface area contributed by atoms with Crippen LogP contribution in [0.2, 0.25) is 50.9 Å². The normalized spacial score (nSPS) is 19.4. The van der Waals surface area contributed by atoms with Gasteiger partial charge in [-0.1, -0.05) is 33.2 Å². The lowest BCUT2D eigenvalue weighted by Gasteiger charge is -2.45. The summed E-state index contributed by atoms with van der Waals surface area (Å²) in [5.41, 5.74) is 0. The third-order valence-electron chi connectivity index (χ3n) is 4.94. The zero-order valence-corrected chi connectivity index (χ0v) is 28.3. The van der Waals surface area contributed by atoms with Gasteiger partial charge >= 0.3 is 56.3 Å². The lowest BCUT2D eigenvalue weighted by molar-refractivity contribution is -0.132. The van der Waals surface area contributed by atoms with Gasteiger partial charge in [0.15, 0.2) is 0 Å². The summed E-state index contributed by atoms with van der Waals surface area (Å²) in [6.45, 7) is 3.83. The highest BCUT2D eigenvalue weighted by molar-refractivity contribution is 7.62. The first-order chi connectivity index (χ1) is 16.7. The highest BCUT2D eigenvalue weighted by atomic mass is 35.8. The third-order valence-corrected chi connectivity index (χ3v) is 25.2. The molecule has 0 aromatic heterocycles. The zero-order valence-electron chi connectivity index (χ0n) is 21.0. The van der Waals surface area contributed by atoms with E-state index in [0.717, 1.165) is 19.6 Å². The molecule has 39 heavy (non-hydrogen) atoms. The van der Waals surface area contributed by atoms with Crippen LogP contribution in [0.25, 0.3) is 0 Å². The first-order valence-corrected chi connectivity index (χ1v) is 26.3. The van der Waals surface area contributed by atoms with E-state index in [-0.39, 0.29) is 0 Å². The molecule has 0 radical (unpaired) electrons. The maximum atomic E-state index is 13.6. The Kier molecular flexibility index (Phi) is 13.6. The molecule has 0 amide bonds. The molecule has 0 N–H and O–H groups in total. The molecule has 0 aliphatic carbocycles. The van der Waals surface area contributed by atoms with Crippen molar-refractivity contribution in [3.63, 3.8) is 0 Å². The molecule has 0 heterocycles. The van der Waals surface area contributed by atoms with Crippen molar-refractivity contribution in [1.29, 1.82) is 0 Å². The van der Waals surface area contributed by atoms with Crippen molar-refractivity contribution in [3.8, 4) is 0 Å². The van der Waals surface area contributed by atoms with E-state index in [9.17, 15) is 52.7 Å². The maximum Gasteiger partial charge on any atom is 0.485 e. The van der Waals surface area contributed by atoms with Crippen molar-refractivity contribution in [2.75, 3.05) is 0 Å². The summed E-state index contributed by atoms with van der Waals surface area (Å²) in [4.78, 5) is 0. The fraction of sp³-hybridized carbons (Fsp3) is 1.00. The van der Waals surface area contributed by atoms with Crippen LogP contribution in [0.15, 0.2) is 0 Å². The van der Waals surface area contributed by atoms with Crippen molar-refractivity contribution in [1.82, 2.24) is 0 Å². The Morgan fingerprint density at radius 1 is 0.462 bits per heavy atom. The second-order valence-corrected chi connectivity index (χ2v) is 32.2. The molecule has 3 unspecified atom stereocenters. The van der Waals surface area contributed by atoms with Crippen LogP contribution in [0.4, 0.5) is 52.7 Å². The van der Waals surface area contributed by atoms with E-state index in [1.807, 2.05) is 0 Å². The van der Waals surface area contributed by atoms with Crippen LogP contribution in [0.5, 0.6) is 0 Å². The molecular weight excluding hydrogens is 719 g/mol. The predicted octanol–water partition coefficient (Wildman–Crippen LogP) is 9.58. The van der Waals surface area contributed by atoms with Crippen molar-refractivity contribution in [2.45, 2.75) is 94.5 Å². The molecule has 0 rings (SSSR count). The van der Waals surface area contributed by atoms with Crippen molar-refractivity contribution >= 4 is 73.5 Å². The van der Waals surface area contributed by atoms with Gasteiger partial charge in [0.05, 0.1) is 0 Å². The van der Waals surface area contributed by atoms with Crippen molar-refractivity contribution < 1.29 is 69.1 Å². The van der Waals surface area contributed by atoms with Gasteiger partial charge in [-0.15, -0.1) is 0 Å². The van der Waals surface area contributed by atoms with Gasteiger partial charge in [-0.3, -0.25) is 0 Å². The van der Waals surface area contributed by atoms with Crippen LogP contribution in [-0.4, -0.2) is 64.6 Å². The molecule has 236 valence electrons. The van der Waals surface area contributed by atoms with E-state index in [4.69, 9.17) is 49.7 Å². The monoisotopic (exact) mass is 744 g/mol. The Morgan fingerprint density at radius 2 is 0.718 bits per heavy atom. The highest BCUT2D eigenvalue weighted by Gasteiger charge is 2.59. The van der Waals surface area contributed by atoms with Gasteiger partial charge in [-0.05, 0) is 50.9 Å². The van der Waals surface area contributed by atoms with Gasteiger partial charge in [-0.2, -0.15) is 52.7 Å². The Hall–Kier alpha value is 0.954. The fourth-order valence-electron chi connectivity index (χ4n) is 3.23. The van der Waals surface area contributed by atoms with E-state index in [2.05, 4.69) is 0 Å². The average molecular weight is 746 g/mol. The highest BCUT2D eigenvalue weighted by Crippen LogP contribution is 2.41. The van der Waals surface area contributed by atoms with Gasteiger partial charge < -0.3 is 16.5 Å². The number of rotatable bonds is 14. The second kappa shape index (κ2) is 13.3. The SMILES string of the molecule is C[Si](CCC(F)(F)F)(O[Si](Cl)(Cl)Cl)O[Si](C)(CCC(F)(F)F)O[Si](C)(CCC(F)(F)F)O[Si](C)(C)C(F)(F)F. The van der Waals surface area contributed by atoms with Gasteiger partial charge in [0.25, 0.3) is 8.32 Å². The van der Waals surface area contributed by atoms with Crippen LogP contribution < -0.4 is 0 Å². The third kappa shape index (κ3) is 17.6. The summed E-state index contributed by atoms with van der Waals surface area (Å²) in [5.74, 6) is -5.01. The molecule has 24 heteroatoms. The number of hydrogen-bond donors (Lipinski definition) is 0. The topological polar surface area (TPSA) is 36.9 Å². The average Bonchev–Trinajstić information content (AvgIpc) is 2.59. The minimum absolute atomic E-state index is 0.615. The largest absolute Gasteiger partial charge is 0.485 e. The molecule has 0 spiro atoms. The molecule has 0 aliphatic heterocycles. The standard InChI is InChI=1S/C15H27Cl3F12O4Si5/c1-35(2,15(28,29)30)31-36(3,9-6-12(19,20)21)32-37(4,10-7-13(22,23)24)33-38(5,34-39(16,17)18)11-8-14(25,26)27/h6-11H2,1-5H3. The Morgan fingerprint density at radius 3 is 0.949 bits per heavy atom. The molecular formula is C15H27Cl3F12O4Si5. The van der Waals surface area contributed by atoms with E-state index >= 15 is 0 Å². The molecule has 0 aromatic carbocycles. The molecule has 0 bridgehead atoms. The molecule has 0 fully saturated rings. The van der Waals surface area contributed by atoms with E-state index in [0.29, 0.717) is 13.1 Å². The summed E-state index contributed by atoms with van der Waals surface area (Å²) in [7, 11) is -18.6. The summed E-state index contributed by atoms with van der Waals surface area (Å²) in [6.07, 6.45) is -23.9. The minimum atomic E-state index is -5.01. The Labute approximate surface area is 236 Å². The smallest absolute Gasteiger partial charge is 0.429 e. The Bertz CT molecular complexity index is 797. The van der Waals surface area contributed by atoms with Crippen LogP contribution in [-0.2, 0) is 16.5 Å². The van der Waals surface area contributed by atoms with Gasteiger partial charge in [-0.25, -0.2) is 0 Å². The van der Waals surface area contributed by atoms with E-state index < -0.39 is 102 Å². The van der Waals surface area contributed by atoms with E-state index in [1.54, 1.807) is 0 Å². The number of hydrogen-bond acceptors (Lipinski definition) is 4.